The van der Waals surface area contributed by atoms with Crippen molar-refractivity contribution in [1.82, 2.24) is 14.9 Å². The molecule has 17 heavy (non-hydrogen) atoms. The third kappa shape index (κ3) is 5.81. The number of hydrogen-bond donors (Lipinski definition) is 2. The van der Waals surface area contributed by atoms with Gasteiger partial charge in [-0.3, -0.25) is 0 Å². The van der Waals surface area contributed by atoms with Crippen LogP contribution in [0.4, 0.5) is 0 Å². The van der Waals surface area contributed by atoms with Crippen molar-refractivity contribution in [2.75, 3.05) is 39.0 Å². The lowest BCUT2D eigenvalue weighted by molar-refractivity contribution is 0.371. The average Bonchev–Trinajstić information content (AvgIpc) is 2.28. The van der Waals surface area contributed by atoms with Crippen LogP contribution in [-0.2, 0) is 10.0 Å². The number of sulfonamides is 1. The zero-order chi connectivity index (χ0) is 12.7. The van der Waals surface area contributed by atoms with Gasteiger partial charge in [0.1, 0.15) is 0 Å². The number of nitrogens with zero attached hydrogens (tertiary/aromatic N) is 1. The maximum absolute atomic E-state index is 11.4. The van der Waals surface area contributed by atoms with Gasteiger partial charge >= 0.3 is 0 Å². The number of piperidine rings is 1. The summed E-state index contributed by atoms with van der Waals surface area (Å²) < 4.78 is 24.2. The molecule has 0 radical (unpaired) electrons. The minimum Gasteiger partial charge on any atom is -0.315 e. The molecule has 1 fully saturated rings. The Morgan fingerprint density at radius 2 is 2.24 bits per heavy atom. The summed E-state index contributed by atoms with van der Waals surface area (Å²) in [7, 11) is -3.03. The molecule has 1 aliphatic heterocycles. The fraction of sp³-hybridized carbons (Fsp3) is 1.00. The van der Waals surface area contributed by atoms with Gasteiger partial charge in [-0.15, -0.1) is 0 Å². The largest absolute Gasteiger partial charge is 0.315 e. The van der Waals surface area contributed by atoms with Crippen molar-refractivity contribution in [3.05, 3.63) is 0 Å². The zero-order valence-electron chi connectivity index (χ0n) is 10.9. The Hall–Kier alpha value is -0.170. The molecule has 0 spiro atoms. The van der Waals surface area contributed by atoms with E-state index in [1.165, 1.54) is 23.4 Å². The minimum absolute atomic E-state index is 0.553. The molecule has 0 bridgehead atoms. The van der Waals surface area contributed by atoms with E-state index in [1.54, 1.807) is 0 Å². The minimum atomic E-state index is -3.03. The van der Waals surface area contributed by atoms with Crippen LogP contribution < -0.4 is 10.6 Å². The van der Waals surface area contributed by atoms with E-state index in [4.69, 9.17) is 0 Å². The third-order valence-corrected chi connectivity index (χ3v) is 4.51. The second-order valence-electron chi connectivity index (χ2n) is 4.61. The van der Waals surface area contributed by atoms with Gasteiger partial charge in [-0.25, -0.2) is 12.7 Å². The molecule has 0 aliphatic carbocycles. The van der Waals surface area contributed by atoms with Gasteiger partial charge in [0.15, 0.2) is 0 Å². The topological polar surface area (TPSA) is 61.4 Å². The summed E-state index contributed by atoms with van der Waals surface area (Å²) in [5.41, 5.74) is 0. The fourth-order valence-electron chi connectivity index (χ4n) is 2.15. The highest BCUT2D eigenvalue weighted by Gasteiger charge is 2.14. The second kappa shape index (κ2) is 7.31. The molecular weight excluding hydrogens is 238 g/mol. The summed E-state index contributed by atoms with van der Waals surface area (Å²) in [6, 6.07) is 0.553. The first kappa shape index (κ1) is 14.9. The molecule has 6 heteroatoms. The van der Waals surface area contributed by atoms with Gasteiger partial charge in [-0.05, 0) is 32.4 Å². The Morgan fingerprint density at radius 1 is 1.47 bits per heavy atom. The van der Waals surface area contributed by atoms with Crippen LogP contribution in [0, 0.1) is 0 Å². The van der Waals surface area contributed by atoms with E-state index >= 15 is 0 Å². The lowest BCUT2D eigenvalue weighted by atomic mass is 10.1. The van der Waals surface area contributed by atoms with Crippen molar-refractivity contribution in [2.45, 2.75) is 32.2 Å². The Balaban J connectivity index is 2.14. The Kier molecular flexibility index (Phi) is 6.40. The normalized spacial score (nSPS) is 21.9. The third-order valence-electron chi connectivity index (χ3n) is 3.14. The van der Waals surface area contributed by atoms with Gasteiger partial charge in [0.25, 0.3) is 0 Å². The highest BCUT2D eigenvalue weighted by molar-refractivity contribution is 7.88. The van der Waals surface area contributed by atoms with Crippen molar-refractivity contribution in [3.63, 3.8) is 0 Å². The summed E-state index contributed by atoms with van der Waals surface area (Å²) >= 11 is 0. The summed E-state index contributed by atoms with van der Waals surface area (Å²) in [6.45, 7) is 6.09. The summed E-state index contributed by atoms with van der Waals surface area (Å²) in [5, 5.41) is 6.82. The van der Waals surface area contributed by atoms with E-state index in [9.17, 15) is 8.42 Å². The van der Waals surface area contributed by atoms with Gasteiger partial charge in [0.05, 0.1) is 6.26 Å². The zero-order valence-corrected chi connectivity index (χ0v) is 11.7. The van der Waals surface area contributed by atoms with E-state index < -0.39 is 10.0 Å². The van der Waals surface area contributed by atoms with Crippen molar-refractivity contribution < 1.29 is 8.42 Å². The van der Waals surface area contributed by atoms with Crippen LogP contribution in [0.5, 0.6) is 0 Å². The van der Waals surface area contributed by atoms with Crippen LogP contribution in [0.15, 0.2) is 0 Å². The molecule has 1 rings (SSSR count). The maximum atomic E-state index is 11.4. The molecule has 1 unspecified atom stereocenters. The number of rotatable bonds is 7. The van der Waals surface area contributed by atoms with Crippen molar-refractivity contribution in [2.24, 2.45) is 0 Å². The average molecular weight is 263 g/mol. The first-order valence-electron chi connectivity index (χ1n) is 6.43. The van der Waals surface area contributed by atoms with E-state index in [1.807, 2.05) is 6.92 Å². The van der Waals surface area contributed by atoms with Crippen molar-refractivity contribution in [3.8, 4) is 0 Å². The molecule has 1 saturated heterocycles. The molecule has 1 heterocycles. The standard InChI is InChI=1S/C11H25N3O2S/c1-3-14(17(2,15)16)9-5-8-13-11-6-4-7-12-10-11/h11-13H,3-10H2,1-2H3. The van der Waals surface area contributed by atoms with Crippen LogP contribution in [-0.4, -0.2) is 57.7 Å². The van der Waals surface area contributed by atoms with Gasteiger partial charge < -0.3 is 10.6 Å². The van der Waals surface area contributed by atoms with Crippen LogP contribution in [0.1, 0.15) is 26.2 Å². The molecule has 0 aromatic heterocycles. The summed E-state index contributed by atoms with van der Waals surface area (Å²) in [5.74, 6) is 0. The smallest absolute Gasteiger partial charge is 0.211 e. The van der Waals surface area contributed by atoms with E-state index in [-0.39, 0.29) is 0 Å². The summed E-state index contributed by atoms with van der Waals surface area (Å²) in [4.78, 5) is 0. The van der Waals surface area contributed by atoms with E-state index in [2.05, 4.69) is 10.6 Å². The SMILES string of the molecule is CCN(CCCNC1CCCNC1)S(C)(=O)=O. The lowest BCUT2D eigenvalue weighted by Gasteiger charge is -2.24. The molecule has 2 N–H and O–H groups in total. The molecule has 0 saturated carbocycles. The predicted molar refractivity (Wildman–Crippen MR) is 70.6 cm³/mol. The van der Waals surface area contributed by atoms with Crippen LogP contribution in [0.25, 0.3) is 0 Å². The molecule has 0 aromatic carbocycles. The van der Waals surface area contributed by atoms with Crippen molar-refractivity contribution in [1.29, 1.82) is 0 Å². The van der Waals surface area contributed by atoms with Crippen molar-refractivity contribution >= 4 is 10.0 Å². The van der Waals surface area contributed by atoms with Gasteiger partial charge in [-0.1, -0.05) is 6.92 Å². The van der Waals surface area contributed by atoms with Gasteiger partial charge in [0.2, 0.25) is 10.0 Å². The highest BCUT2D eigenvalue weighted by atomic mass is 32.2. The summed E-state index contributed by atoms with van der Waals surface area (Å²) in [6.07, 6.45) is 4.59. The van der Waals surface area contributed by atoms with E-state index in [0.717, 1.165) is 26.1 Å². The first-order valence-corrected chi connectivity index (χ1v) is 8.28. The first-order chi connectivity index (χ1) is 8.04. The second-order valence-corrected chi connectivity index (χ2v) is 6.59. The number of hydrogen-bond acceptors (Lipinski definition) is 4. The number of nitrogens with one attached hydrogen (secondary N) is 2. The van der Waals surface area contributed by atoms with Crippen LogP contribution in [0.3, 0.4) is 0 Å². The monoisotopic (exact) mass is 263 g/mol. The van der Waals surface area contributed by atoms with Gasteiger partial charge in [-0.2, -0.15) is 0 Å². The molecule has 0 aromatic rings. The van der Waals surface area contributed by atoms with Crippen LogP contribution in [0.2, 0.25) is 0 Å². The quantitative estimate of drug-likeness (QED) is 0.635. The van der Waals surface area contributed by atoms with Gasteiger partial charge in [0, 0.05) is 25.7 Å². The molecular formula is C11H25N3O2S. The molecule has 102 valence electrons. The Bertz CT molecular complexity index is 300. The Morgan fingerprint density at radius 3 is 2.76 bits per heavy atom. The molecule has 0 amide bonds. The van der Waals surface area contributed by atoms with E-state index in [0.29, 0.717) is 19.1 Å². The molecule has 5 nitrogen and oxygen atoms in total. The Labute approximate surface area is 105 Å². The molecule has 1 aliphatic rings. The maximum Gasteiger partial charge on any atom is 0.211 e. The van der Waals surface area contributed by atoms with Crippen LogP contribution >= 0.6 is 0 Å². The predicted octanol–water partition coefficient (Wildman–Crippen LogP) is -0.000400. The highest BCUT2D eigenvalue weighted by Crippen LogP contribution is 2.02. The lowest BCUT2D eigenvalue weighted by Crippen LogP contribution is -2.44. The molecule has 1 atom stereocenters. The fourth-order valence-corrected chi connectivity index (χ4v) is 3.08.